The van der Waals surface area contributed by atoms with E-state index in [-0.39, 0.29) is 0 Å². The predicted octanol–water partition coefficient (Wildman–Crippen LogP) is 4.06. The van der Waals surface area contributed by atoms with Gasteiger partial charge in [0.15, 0.2) is 4.77 Å². The first kappa shape index (κ1) is 12.4. The Morgan fingerprint density at radius 3 is 3.06 bits per heavy atom. The van der Waals surface area contributed by atoms with Crippen LogP contribution in [0.15, 0.2) is 18.2 Å². The number of nitrogens with zero attached hydrogens (tertiary/aromatic N) is 1. The minimum Gasteiger partial charge on any atom is -0.331 e. The first-order valence-corrected chi connectivity index (χ1v) is 7.97. The monoisotopic (exact) mass is 364 g/mol. The van der Waals surface area contributed by atoms with Gasteiger partial charge in [0.05, 0.1) is 11.0 Å². The Hall–Kier alpha value is -0.0100. The minimum atomic E-state index is 0.832. The molecule has 5 heteroatoms. The third-order valence-corrected chi connectivity index (χ3v) is 4.16. The zero-order valence-electron chi connectivity index (χ0n) is 9.00. The molecular formula is C11H13IN2S2. The van der Waals surface area contributed by atoms with Crippen LogP contribution in [0.1, 0.15) is 6.42 Å². The number of imidazole rings is 1. The highest BCUT2D eigenvalue weighted by atomic mass is 127. The Balaban J connectivity index is 2.36. The second-order valence-corrected chi connectivity index (χ2v) is 6.21. The molecule has 0 amide bonds. The van der Waals surface area contributed by atoms with Crippen LogP contribution in [0, 0.1) is 8.34 Å². The Kier molecular flexibility index (Phi) is 4.32. The van der Waals surface area contributed by atoms with Crippen molar-refractivity contribution in [2.24, 2.45) is 0 Å². The molecule has 0 bridgehead atoms. The van der Waals surface area contributed by atoms with Crippen LogP contribution in [0.2, 0.25) is 0 Å². The summed E-state index contributed by atoms with van der Waals surface area (Å²) in [5, 5.41) is 0. The lowest BCUT2D eigenvalue weighted by molar-refractivity contribution is 0.694. The Bertz CT molecular complexity index is 544. The molecule has 1 heterocycles. The zero-order chi connectivity index (χ0) is 11.5. The Labute approximate surface area is 118 Å². The molecule has 0 atom stereocenters. The molecule has 0 aliphatic heterocycles. The molecule has 1 N–H and O–H groups in total. The van der Waals surface area contributed by atoms with Gasteiger partial charge in [-0.3, -0.25) is 0 Å². The van der Waals surface area contributed by atoms with Gasteiger partial charge < -0.3 is 9.55 Å². The summed E-state index contributed by atoms with van der Waals surface area (Å²) >= 11 is 9.54. The van der Waals surface area contributed by atoms with E-state index in [1.807, 2.05) is 11.8 Å². The Morgan fingerprint density at radius 2 is 2.31 bits per heavy atom. The summed E-state index contributed by atoms with van der Waals surface area (Å²) < 4.78 is 4.26. The molecule has 2 rings (SSSR count). The van der Waals surface area contributed by atoms with Crippen molar-refractivity contribution in [3.05, 3.63) is 26.5 Å². The largest absolute Gasteiger partial charge is 0.331 e. The third kappa shape index (κ3) is 2.62. The summed E-state index contributed by atoms with van der Waals surface area (Å²) in [4.78, 5) is 3.26. The highest BCUT2D eigenvalue weighted by Gasteiger charge is 2.03. The predicted molar refractivity (Wildman–Crippen MR) is 82.8 cm³/mol. The fourth-order valence-electron chi connectivity index (χ4n) is 1.72. The van der Waals surface area contributed by atoms with E-state index in [4.69, 9.17) is 12.2 Å². The second-order valence-electron chi connectivity index (χ2n) is 3.59. The van der Waals surface area contributed by atoms with E-state index >= 15 is 0 Å². The molecule has 86 valence electrons. The van der Waals surface area contributed by atoms with Crippen molar-refractivity contribution in [2.45, 2.75) is 13.0 Å². The van der Waals surface area contributed by atoms with Gasteiger partial charge in [0.1, 0.15) is 0 Å². The molecule has 0 unspecified atom stereocenters. The van der Waals surface area contributed by atoms with E-state index in [0.717, 1.165) is 23.3 Å². The molecule has 1 aromatic heterocycles. The number of H-pyrrole nitrogens is 1. The highest BCUT2D eigenvalue weighted by molar-refractivity contribution is 14.1. The number of hydrogen-bond donors (Lipinski definition) is 1. The van der Waals surface area contributed by atoms with Gasteiger partial charge in [-0.05, 0) is 71.4 Å². The molecule has 2 nitrogen and oxygen atoms in total. The number of benzene rings is 1. The van der Waals surface area contributed by atoms with E-state index in [2.05, 4.69) is 56.6 Å². The topological polar surface area (TPSA) is 20.7 Å². The van der Waals surface area contributed by atoms with Crippen LogP contribution in [0.3, 0.4) is 0 Å². The van der Waals surface area contributed by atoms with Crippen LogP contribution in [0.4, 0.5) is 0 Å². The summed E-state index contributed by atoms with van der Waals surface area (Å²) in [5.74, 6) is 1.18. The van der Waals surface area contributed by atoms with Crippen molar-refractivity contribution in [1.82, 2.24) is 9.55 Å². The van der Waals surface area contributed by atoms with Crippen molar-refractivity contribution in [1.29, 1.82) is 0 Å². The number of aromatic nitrogens is 2. The van der Waals surface area contributed by atoms with Crippen molar-refractivity contribution in [3.8, 4) is 0 Å². The lowest BCUT2D eigenvalue weighted by Gasteiger charge is -2.03. The van der Waals surface area contributed by atoms with Crippen LogP contribution < -0.4 is 0 Å². The first-order chi connectivity index (χ1) is 7.72. The fraction of sp³-hybridized carbons (Fsp3) is 0.364. The number of halogens is 1. The number of fused-ring (bicyclic) bond motifs is 1. The van der Waals surface area contributed by atoms with Gasteiger partial charge in [0, 0.05) is 10.1 Å². The van der Waals surface area contributed by atoms with Crippen LogP contribution in [-0.4, -0.2) is 21.6 Å². The number of thioether (sulfide) groups is 1. The van der Waals surface area contributed by atoms with E-state index in [1.165, 1.54) is 14.8 Å². The van der Waals surface area contributed by atoms with Gasteiger partial charge in [0.2, 0.25) is 0 Å². The molecule has 0 radical (unpaired) electrons. The lowest BCUT2D eigenvalue weighted by Crippen LogP contribution is -1.98. The van der Waals surface area contributed by atoms with Crippen LogP contribution in [0.25, 0.3) is 11.0 Å². The standard InChI is InChI=1S/C11H13IN2S2/c1-16-6-2-5-14-10-4-3-8(12)7-9(10)13-11(14)15/h3-4,7H,2,5-6H2,1H3,(H,13,15). The van der Waals surface area contributed by atoms with Crippen molar-refractivity contribution >= 4 is 57.6 Å². The Morgan fingerprint density at radius 1 is 1.50 bits per heavy atom. The lowest BCUT2D eigenvalue weighted by atomic mass is 10.3. The van der Waals surface area contributed by atoms with Crippen molar-refractivity contribution in [2.75, 3.05) is 12.0 Å². The maximum atomic E-state index is 5.34. The van der Waals surface area contributed by atoms with Gasteiger partial charge in [-0.2, -0.15) is 11.8 Å². The molecule has 0 saturated heterocycles. The van der Waals surface area contributed by atoms with Crippen LogP contribution >= 0.6 is 46.6 Å². The molecule has 0 spiro atoms. The zero-order valence-corrected chi connectivity index (χ0v) is 12.8. The molecule has 0 aliphatic rings. The van der Waals surface area contributed by atoms with Gasteiger partial charge in [-0.15, -0.1) is 0 Å². The quantitative estimate of drug-likeness (QED) is 0.502. The van der Waals surface area contributed by atoms with Gasteiger partial charge >= 0.3 is 0 Å². The first-order valence-electron chi connectivity index (χ1n) is 5.09. The van der Waals surface area contributed by atoms with Gasteiger partial charge in [-0.25, -0.2) is 0 Å². The highest BCUT2D eigenvalue weighted by Crippen LogP contribution is 2.17. The summed E-state index contributed by atoms with van der Waals surface area (Å²) in [7, 11) is 0. The molecule has 2 aromatic rings. The molecule has 1 aromatic carbocycles. The minimum absolute atomic E-state index is 0.832. The second kappa shape index (κ2) is 5.55. The number of hydrogen-bond acceptors (Lipinski definition) is 2. The maximum absolute atomic E-state index is 5.34. The van der Waals surface area contributed by atoms with Crippen LogP contribution in [0.5, 0.6) is 0 Å². The normalized spacial score (nSPS) is 11.1. The average molecular weight is 364 g/mol. The number of rotatable bonds is 4. The molecule has 0 aliphatic carbocycles. The third-order valence-electron chi connectivity index (χ3n) is 2.47. The summed E-state index contributed by atoms with van der Waals surface area (Å²) in [6.07, 6.45) is 3.30. The maximum Gasteiger partial charge on any atom is 0.178 e. The molecule has 0 fully saturated rings. The SMILES string of the molecule is CSCCCn1c(=S)[nH]c2cc(I)ccc21. The number of nitrogens with one attached hydrogen (secondary N) is 1. The summed E-state index contributed by atoms with van der Waals surface area (Å²) in [6.45, 7) is 1.00. The molecule has 0 saturated carbocycles. The smallest absolute Gasteiger partial charge is 0.178 e. The average Bonchev–Trinajstić information content (AvgIpc) is 2.55. The van der Waals surface area contributed by atoms with E-state index < -0.39 is 0 Å². The van der Waals surface area contributed by atoms with E-state index in [1.54, 1.807) is 0 Å². The van der Waals surface area contributed by atoms with E-state index in [9.17, 15) is 0 Å². The summed E-state index contributed by atoms with van der Waals surface area (Å²) in [5.41, 5.74) is 2.35. The van der Waals surface area contributed by atoms with Crippen molar-refractivity contribution < 1.29 is 0 Å². The van der Waals surface area contributed by atoms with Crippen molar-refractivity contribution in [3.63, 3.8) is 0 Å². The fourth-order valence-corrected chi connectivity index (χ4v) is 2.93. The molecule has 16 heavy (non-hydrogen) atoms. The van der Waals surface area contributed by atoms with E-state index in [0.29, 0.717) is 0 Å². The van der Waals surface area contributed by atoms with Crippen LogP contribution in [-0.2, 0) is 6.54 Å². The summed E-state index contributed by atoms with van der Waals surface area (Å²) in [6, 6.07) is 6.40. The van der Waals surface area contributed by atoms with Gasteiger partial charge in [0.25, 0.3) is 0 Å². The number of aromatic amines is 1. The molecular weight excluding hydrogens is 351 g/mol. The van der Waals surface area contributed by atoms with Gasteiger partial charge in [-0.1, -0.05) is 0 Å². The number of aryl methyl sites for hydroxylation is 1.